The molecule has 73 heavy (non-hydrogen) atoms. The number of carbonyl (C=O) groups is 1. The lowest BCUT2D eigenvalue weighted by Crippen LogP contribution is -2.45. The fraction of sp³-hybridized carbons (Fsp3) is 0.859. The van der Waals surface area contributed by atoms with Crippen molar-refractivity contribution in [3.8, 4) is 0 Å². The van der Waals surface area contributed by atoms with Crippen LogP contribution in [0.25, 0.3) is 0 Å². The second kappa shape index (κ2) is 55.2. The van der Waals surface area contributed by atoms with Crippen LogP contribution in [0.2, 0.25) is 0 Å². The van der Waals surface area contributed by atoms with Gasteiger partial charge >= 0.3 is 7.82 Å². The molecule has 9 heteroatoms. The van der Waals surface area contributed by atoms with Crippen molar-refractivity contribution in [3.05, 3.63) is 48.6 Å². The summed E-state index contributed by atoms with van der Waals surface area (Å²) >= 11 is 0. The summed E-state index contributed by atoms with van der Waals surface area (Å²) in [7, 11) is 1.56. The van der Waals surface area contributed by atoms with Crippen molar-refractivity contribution in [2.24, 2.45) is 0 Å². The predicted octanol–water partition coefficient (Wildman–Crippen LogP) is 19.5. The monoisotopic (exact) mass is 1050 g/mol. The van der Waals surface area contributed by atoms with Gasteiger partial charge in [-0.3, -0.25) is 13.8 Å². The first-order chi connectivity index (χ1) is 35.5. The van der Waals surface area contributed by atoms with E-state index >= 15 is 0 Å². The van der Waals surface area contributed by atoms with Crippen molar-refractivity contribution >= 4 is 13.7 Å². The van der Waals surface area contributed by atoms with Crippen LogP contribution < -0.4 is 5.32 Å². The van der Waals surface area contributed by atoms with Gasteiger partial charge in [-0.1, -0.05) is 281 Å². The molecule has 430 valence electrons. The van der Waals surface area contributed by atoms with Gasteiger partial charge in [-0.25, -0.2) is 4.57 Å². The van der Waals surface area contributed by atoms with Crippen LogP contribution in [0.3, 0.4) is 0 Å². The molecule has 3 atom stereocenters. The zero-order valence-electron chi connectivity index (χ0n) is 49.1. The average Bonchev–Trinajstić information content (AvgIpc) is 3.35. The first kappa shape index (κ1) is 71.5. The third-order valence-electron chi connectivity index (χ3n) is 14.3. The van der Waals surface area contributed by atoms with Gasteiger partial charge in [0.15, 0.2) is 0 Å². The fourth-order valence-electron chi connectivity index (χ4n) is 9.33. The highest BCUT2D eigenvalue weighted by molar-refractivity contribution is 7.47. The van der Waals surface area contributed by atoms with Crippen molar-refractivity contribution in [2.75, 3.05) is 40.9 Å². The quantitative estimate of drug-likeness (QED) is 0.0243. The van der Waals surface area contributed by atoms with E-state index in [9.17, 15) is 19.4 Å². The van der Waals surface area contributed by atoms with E-state index < -0.39 is 20.0 Å². The molecule has 0 aliphatic rings. The Morgan fingerprint density at radius 1 is 0.466 bits per heavy atom. The first-order valence-electron chi connectivity index (χ1n) is 31.5. The topological polar surface area (TPSA) is 105 Å². The van der Waals surface area contributed by atoms with Crippen molar-refractivity contribution in [1.29, 1.82) is 0 Å². The molecule has 0 saturated carbocycles. The number of phosphoric acid groups is 1. The molecule has 0 spiro atoms. The minimum atomic E-state index is -4.35. The Hall–Kier alpha value is -1.54. The lowest BCUT2D eigenvalue weighted by molar-refractivity contribution is -0.870. The standard InChI is InChI=1S/C64H123N2O6P/c1-6-8-10-12-14-16-18-20-22-23-24-25-26-27-28-29-30-31-32-33-34-35-36-37-38-39-40-41-42-43-44-46-48-50-52-54-56-58-64(68)65-62(61-72-73(69,70)71-60-59-66(3,4)5)63(67)57-55-53-51-49-47-45-21-19-17-15-13-11-9-7-2/h28-29,31-32,47,49,55,57,62-63,67H,6-27,30,33-46,48,50-54,56,58-61H2,1-5H3,(H-,65,68,69,70)/p+1/b29-28-,32-31-,49-47+,57-55+. The van der Waals surface area contributed by atoms with Crippen LogP contribution in [0.1, 0.15) is 303 Å². The number of nitrogens with one attached hydrogen (secondary N) is 1. The molecule has 0 fully saturated rings. The Kier molecular flexibility index (Phi) is 54.1. The van der Waals surface area contributed by atoms with Crippen LogP contribution in [0.15, 0.2) is 48.6 Å². The van der Waals surface area contributed by atoms with Gasteiger partial charge in [-0.05, 0) is 64.2 Å². The van der Waals surface area contributed by atoms with Gasteiger partial charge in [0.25, 0.3) is 0 Å². The number of hydrogen-bond donors (Lipinski definition) is 3. The fourth-order valence-corrected chi connectivity index (χ4v) is 10.1. The van der Waals surface area contributed by atoms with Crippen molar-refractivity contribution < 1.29 is 32.9 Å². The van der Waals surface area contributed by atoms with Crippen LogP contribution >= 0.6 is 7.82 Å². The number of hydrogen-bond acceptors (Lipinski definition) is 5. The molecule has 0 bridgehead atoms. The Labute approximate surface area is 454 Å². The minimum Gasteiger partial charge on any atom is -0.387 e. The largest absolute Gasteiger partial charge is 0.472 e. The minimum absolute atomic E-state index is 0.0564. The maximum atomic E-state index is 13.0. The summed E-state index contributed by atoms with van der Waals surface area (Å²) in [4.78, 5) is 23.3. The molecule has 0 radical (unpaired) electrons. The molecular formula is C64H124N2O6P+. The van der Waals surface area contributed by atoms with Gasteiger partial charge in [0.05, 0.1) is 39.9 Å². The third kappa shape index (κ3) is 58.0. The van der Waals surface area contributed by atoms with Crippen LogP contribution in [-0.2, 0) is 18.4 Å². The number of likely N-dealkylation sites (N-methyl/N-ethyl adjacent to an activating group) is 1. The van der Waals surface area contributed by atoms with Gasteiger partial charge in [0, 0.05) is 6.42 Å². The SMILES string of the molecule is CCCCCCCCCC/C=C/CC/C=C/C(O)C(COP(=O)(O)OCC[N+](C)(C)C)NC(=O)CCCCCCCCCCCCCCCCCCC/C=C\C/C=C\CCCCCCCCCCCCCCC. The summed E-state index contributed by atoms with van der Waals surface area (Å²) in [5.74, 6) is -0.184. The summed E-state index contributed by atoms with van der Waals surface area (Å²) in [6, 6.07) is -0.863. The van der Waals surface area contributed by atoms with Crippen molar-refractivity contribution in [1.82, 2.24) is 5.32 Å². The number of nitrogens with zero attached hydrogens (tertiary/aromatic N) is 1. The number of phosphoric ester groups is 1. The number of aliphatic hydroxyl groups excluding tert-OH is 1. The van der Waals surface area contributed by atoms with Crippen LogP contribution in [-0.4, -0.2) is 73.4 Å². The molecule has 1 amide bonds. The van der Waals surface area contributed by atoms with E-state index in [2.05, 4.69) is 55.6 Å². The molecular weight excluding hydrogens is 924 g/mol. The molecule has 3 N–H and O–H groups in total. The number of quaternary nitrogens is 1. The Bertz CT molecular complexity index is 1330. The highest BCUT2D eigenvalue weighted by Gasteiger charge is 2.27. The highest BCUT2D eigenvalue weighted by atomic mass is 31.2. The second-order valence-electron chi connectivity index (χ2n) is 22.8. The van der Waals surface area contributed by atoms with Gasteiger partial charge < -0.3 is 19.8 Å². The smallest absolute Gasteiger partial charge is 0.387 e. The van der Waals surface area contributed by atoms with E-state index in [1.807, 2.05) is 27.2 Å². The van der Waals surface area contributed by atoms with E-state index in [-0.39, 0.29) is 19.1 Å². The maximum Gasteiger partial charge on any atom is 0.472 e. The first-order valence-corrected chi connectivity index (χ1v) is 33.0. The molecule has 0 heterocycles. The summed E-state index contributed by atoms with van der Waals surface area (Å²) in [6.07, 6.45) is 74.0. The molecule has 0 aromatic carbocycles. The second-order valence-corrected chi connectivity index (χ2v) is 24.2. The molecule has 0 aromatic rings. The average molecular weight is 1050 g/mol. The number of rotatable bonds is 58. The van der Waals surface area contributed by atoms with E-state index in [0.717, 1.165) is 44.9 Å². The van der Waals surface area contributed by atoms with E-state index in [0.29, 0.717) is 17.4 Å². The summed E-state index contributed by atoms with van der Waals surface area (Å²) in [6.45, 7) is 4.81. The Morgan fingerprint density at radius 3 is 1.18 bits per heavy atom. The maximum absolute atomic E-state index is 13.0. The molecule has 0 aliphatic heterocycles. The van der Waals surface area contributed by atoms with Gasteiger partial charge in [0.2, 0.25) is 5.91 Å². The van der Waals surface area contributed by atoms with E-state index in [1.54, 1.807) is 6.08 Å². The van der Waals surface area contributed by atoms with E-state index in [1.165, 1.54) is 238 Å². The zero-order chi connectivity index (χ0) is 53.5. The summed E-state index contributed by atoms with van der Waals surface area (Å²) in [5, 5.41) is 13.9. The Morgan fingerprint density at radius 2 is 0.795 bits per heavy atom. The summed E-state index contributed by atoms with van der Waals surface area (Å²) in [5.41, 5.74) is 0. The van der Waals surface area contributed by atoms with Gasteiger partial charge in [-0.2, -0.15) is 0 Å². The van der Waals surface area contributed by atoms with Crippen molar-refractivity contribution in [3.63, 3.8) is 0 Å². The molecule has 0 saturated heterocycles. The molecule has 0 rings (SSSR count). The lowest BCUT2D eigenvalue weighted by atomic mass is 10.0. The third-order valence-corrected chi connectivity index (χ3v) is 15.3. The highest BCUT2D eigenvalue weighted by Crippen LogP contribution is 2.43. The number of carbonyl (C=O) groups excluding carboxylic acids is 1. The Balaban J connectivity index is 3.96. The molecule has 0 aromatic heterocycles. The van der Waals surface area contributed by atoms with Crippen LogP contribution in [0.4, 0.5) is 0 Å². The van der Waals surface area contributed by atoms with Crippen molar-refractivity contribution in [2.45, 2.75) is 315 Å². The summed E-state index contributed by atoms with van der Waals surface area (Å²) < 4.78 is 23.7. The van der Waals surface area contributed by atoms with Crippen LogP contribution in [0, 0.1) is 0 Å². The molecule has 0 aliphatic carbocycles. The molecule has 3 unspecified atom stereocenters. The van der Waals surface area contributed by atoms with Crippen LogP contribution in [0.5, 0.6) is 0 Å². The van der Waals surface area contributed by atoms with Gasteiger partial charge in [-0.15, -0.1) is 0 Å². The normalized spacial score (nSPS) is 14.1. The lowest BCUT2D eigenvalue weighted by Gasteiger charge is -2.25. The number of aliphatic hydroxyl groups is 1. The number of amides is 1. The van der Waals surface area contributed by atoms with Gasteiger partial charge in [0.1, 0.15) is 13.2 Å². The number of allylic oxidation sites excluding steroid dienone is 7. The predicted molar refractivity (Wildman–Crippen MR) is 318 cm³/mol. The van der Waals surface area contributed by atoms with E-state index in [4.69, 9.17) is 9.05 Å². The molecule has 8 nitrogen and oxygen atoms in total. The zero-order valence-corrected chi connectivity index (χ0v) is 50.0. The number of unbranched alkanes of at least 4 members (excludes halogenated alkanes) is 39.